The summed E-state index contributed by atoms with van der Waals surface area (Å²) in [5.41, 5.74) is 1.84. The van der Waals surface area contributed by atoms with Gasteiger partial charge in [-0.05, 0) is 61.8 Å². The van der Waals surface area contributed by atoms with Crippen LogP contribution in [-0.4, -0.2) is 45.7 Å². The first-order valence-electron chi connectivity index (χ1n) is 11.0. The number of hydrogen-bond donors (Lipinski definition) is 1. The number of nitrogens with zero attached hydrogens (tertiary/aromatic N) is 3. The van der Waals surface area contributed by atoms with E-state index in [9.17, 15) is 18.0 Å². The lowest BCUT2D eigenvalue weighted by molar-refractivity contribution is -0.352. The summed E-state index contributed by atoms with van der Waals surface area (Å²) in [6.45, 7) is 1.21. The Balaban J connectivity index is 1.02. The van der Waals surface area contributed by atoms with E-state index in [1.54, 1.807) is 0 Å². The van der Waals surface area contributed by atoms with Gasteiger partial charge in [-0.15, -0.1) is 23.4 Å². The van der Waals surface area contributed by atoms with Crippen molar-refractivity contribution < 1.29 is 27.1 Å². The van der Waals surface area contributed by atoms with Crippen LogP contribution in [-0.2, 0) is 23.1 Å². The van der Waals surface area contributed by atoms with Crippen LogP contribution in [0.2, 0.25) is 5.02 Å². The van der Waals surface area contributed by atoms with Crippen LogP contribution >= 0.6 is 11.6 Å². The monoisotopic (exact) mass is 482 g/mol. The number of rotatable bonds is 4. The van der Waals surface area contributed by atoms with Crippen LogP contribution < -0.4 is 5.32 Å². The van der Waals surface area contributed by atoms with Crippen LogP contribution in [0.4, 0.5) is 18.0 Å². The average Bonchev–Trinajstić information content (AvgIpc) is 3.13. The summed E-state index contributed by atoms with van der Waals surface area (Å²) in [6.07, 6.45) is -2.05. The fourth-order valence-electron chi connectivity index (χ4n) is 5.81. The molecule has 7 nitrogen and oxygen atoms in total. The third-order valence-corrected chi connectivity index (χ3v) is 7.74. The predicted octanol–water partition coefficient (Wildman–Crippen LogP) is 4.45. The number of hydrogen-bond acceptors (Lipinski definition) is 5. The number of ether oxygens (including phenoxy) is 1. The molecule has 11 heteroatoms. The van der Waals surface area contributed by atoms with Gasteiger partial charge in [-0.1, -0.05) is 17.7 Å². The Kier molecular flexibility index (Phi) is 4.56. The van der Waals surface area contributed by atoms with Gasteiger partial charge in [0.25, 0.3) is 0 Å². The topological polar surface area (TPSA) is 80.5 Å². The maximum Gasteiger partial charge on any atom is 0.522 e. The molecule has 5 aliphatic rings. The molecule has 2 aromatic rings. The van der Waals surface area contributed by atoms with Crippen molar-refractivity contribution in [3.63, 3.8) is 0 Å². The predicted molar refractivity (Wildman–Crippen MR) is 110 cm³/mol. The smallest absolute Gasteiger partial charge is 0.424 e. The average molecular weight is 483 g/mol. The van der Waals surface area contributed by atoms with Crippen molar-refractivity contribution in [1.29, 1.82) is 0 Å². The van der Waals surface area contributed by atoms with Crippen LogP contribution in [0.15, 0.2) is 22.6 Å². The zero-order valence-corrected chi connectivity index (χ0v) is 18.4. The minimum absolute atomic E-state index is 0.0692. The largest absolute Gasteiger partial charge is 0.522 e. The van der Waals surface area contributed by atoms with Crippen LogP contribution in [0.5, 0.6) is 0 Å². The Morgan fingerprint density at radius 3 is 2.70 bits per heavy atom. The van der Waals surface area contributed by atoms with Crippen molar-refractivity contribution in [1.82, 2.24) is 20.4 Å². The minimum atomic E-state index is -4.62. The van der Waals surface area contributed by atoms with E-state index in [0.717, 1.165) is 31.2 Å². The highest BCUT2D eigenvalue weighted by Crippen LogP contribution is 2.67. The Morgan fingerprint density at radius 2 is 1.97 bits per heavy atom. The van der Waals surface area contributed by atoms with E-state index in [0.29, 0.717) is 29.9 Å². The molecule has 0 radical (unpaired) electrons. The second-order valence-electron chi connectivity index (χ2n) is 9.91. The van der Waals surface area contributed by atoms with Crippen molar-refractivity contribution >= 4 is 17.6 Å². The number of halogens is 4. The van der Waals surface area contributed by atoms with E-state index in [4.69, 9.17) is 16.0 Å². The van der Waals surface area contributed by atoms with Gasteiger partial charge < -0.3 is 14.6 Å². The van der Waals surface area contributed by atoms with Gasteiger partial charge in [0.1, 0.15) is 0 Å². The number of fused-ring (bicyclic) bond motifs is 1. The van der Waals surface area contributed by atoms with Crippen molar-refractivity contribution in [3.8, 4) is 0 Å². The lowest BCUT2D eigenvalue weighted by atomic mass is 9.39. The van der Waals surface area contributed by atoms with Gasteiger partial charge in [-0.3, -0.25) is 4.74 Å². The first-order valence-corrected chi connectivity index (χ1v) is 11.4. The lowest BCUT2D eigenvalue weighted by Crippen LogP contribution is -2.77. The lowest BCUT2D eigenvalue weighted by Gasteiger charge is -2.68. The van der Waals surface area contributed by atoms with Gasteiger partial charge in [0.05, 0.1) is 11.5 Å². The zero-order chi connectivity index (χ0) is 23.0. The van der Waals surface area contributed by atoms with E-state index in [1.807, 2.05) is 23.1 Å². The molecule has 4 fully saturated rings. The maximum absolute atomic E-state index is 12.9. The highest BCUT2D eigenvalue weighted by Gasteiger charge is 2.72. The van der Waals surface area contributed by atoms with Gasteiger partial charge in [0.2, 0.25) is 11.8 Å². The Labute approximate surface area is 192 Å². The number of carbonyl (C=O) groups is 1. The first kappa shape index (κ1) is 21.2. The van der Waals surface area contributed by atoms with Crippen molar-refractivity contribution in [2.24, 2.45) is 0 Å². The standard InChI is InChI=1S/C22H22ClF3N4O3/c23-15-2-1-13-8-30(4-3-12(13)5-15)19(31)27-21-9-20(10-21,11-21)18-29-28-17(32-18)14-6-16(7-14)33-22(24,25)26/h1-2,5,14,16H,3-4,6-11H2,(H,27,31)/t14-,16+,20?,21?. The molecule has 0 spiro atoms. The van der Waals surface area contributed by atoms with E-state index >= 15 is 0 Å². The number of amides is 2. The Bertz CT molecular complexity index is 1090. The van der Waals surface area contributed by atoms with Gasteiger partial charge >= 0.3 is 12.4 Å². The van der Waals surface area contributed by atoms with E-state index in [2.05, 4.69) is 20.3 Å². The zero-order valence-electron chi connectivity index (χ0n) is 17.6. The van der Waals surface area contributed by atoms with Gasteiger partial charge in [0, 0.05) is 29.6 Å². The molecule has 2 bridgehead atoms. The molecule has 0 unspecified atom stereocenters. The molecule has 176 valence electrons. The summed E-state index contributed by atoms with van der Waals surface area (Å²) in [6, 6.07) is 5.71. The van der Waals surface area contributed by atoms with Crippen molar-refractivity contribution in [3.05, 3.63) is 46.1 Å². The molecule has 0 saturated heterocycles. The summed E-state index contributed by atoms with van der Waals surface area (Å²) in [5, 5.41) is 12.1. The van der Waals surface area contributed by atoms with Crippen LogP contribution in [0.3, 0.4) is 0 Å². The number of carbonyl (C=O) groups excluding carboxylic acids is 1. The van der Waals surface area contributed by atoms with Gasteiger partial charge in [0.15, 0.2) is 0 Å². The number of benzene rings is 1. The van der Waals surface area contributed by atoms with Gasteiger partial charge in [-0.2, -0.15) is 0 Å². The fourth-order valence-corrected chi connectivity index (χ4v) is 6.01. The molecule has 33 heavy (non-hydrogen) atoms. The summed E-state index contributed by atoms with van der Waals surface area (Å²) < 4.78 is 46.7. The fraction of sp³-hybridized carbons (Fsp3) is 0.591. The van der Waals surface area contributed by atoms with Crippen LogP contribution in [0.1, 0.15) is 60.9 Å². The normalized spacial score (nSPS) is 32.3. The summed E-state index contributed by atoms with van der Waals surface area (Å²) in [7, 11) is 0. The van der Waals surface area contributed by atoms with Crippen LogP contribution in [0.25, 0.3) is 0 Å². The molecule has 4 saturated carbocycles. The molecule has 2 heterocycles. The summed E-state index contributed by atoms with van der Waals surface area (Å²) in [5.74, 6) is 0.705. The van der Waals surface area contributed by atoms with E-state index < -0.39 is 12.5 Å². The molecule has 1 aromatic carbocycles. The summed E-state index contributed by atoms with van der Waals surface area (Å²) >= 11 is 6.06. The Morgan fingerprint density at radius 1 is 1.21 bits per heavy atom. The summed E-state index contributed by atoms with van der Waals surface area (Å²) in [4.78, 5) is 14.7. The quantitative estimate of drug-likeness (QED) is 0.696. The second-order valence-corrected chi connectivity index (χ2v) is 10.3. The number of aromatic nitrogens is 2. The second kappa shape index (κ2) is 7.09. The molecule has 1 N–H and O–H groups in total. The molecule has 0 atom stereocenters. The van der Waals surface area contributed by atoms with Crippen LogP contribution in [0, 0.1) is 0 Å². The minimum Gasteiger partial charge on any atom is -0.424 e. The van der Waals surface area contributed by atoms with E-state index in [-0.39, 0.29) is 35.7 Å². The molecule has 4 aliphatic carbocycles. The maximum atomic E-state index is 12.9. The molecular formula is C22H22ClF3N4O3. The van der Waals surface area contributed by atoms with E-state index in [1.165, 1.54) is 5.56 Å². The third kappa shape index (κ3) is 3.67. The first-order chi connectivity index (χ1) is 15.6. The number of alkyl halides is 3. The Hall–Kier alpha value is -2.33. The highest BCUT2D eigenvalue weighted by molar-refractivity contribution is 6.30. The molecule has 7 rings (SSSR count). The number of nitrogens with one attached hydrogen (secondary N) is 1. The molecule has 1 aliphatic heterocycles. The molecule has 2 amide bonds. The van der Waals surface area contributed by atoms with Crippen molar-refractivity contribution in [2.45, 2.75) is 74.4 Å². The molecule has 1 aromatic heterocycles. The third-order valence-electron chi connectivity index (χ3n) is 7.51. The molecular weight excluding hydrogens is 461 g/mol. The highest BCUT2D eigenvalue weighted by atomic mass is 35.5. The van der Waals surface area contributed by atoms with Gasteiger partial charge in [-0.25, -0.2) is 4.79 Å². The number of urea groups is 1. The SMILES string of the molecule is O=C(NC12CC(c3nnc([C@H]4C[C@@H](OC(F)(F)F)C4)o3)(C1)C2)N1CCc2cc(Cl)ccc2C1. The van der Waals surface area contributed by atoms with Crippen molar-refractivity contribution in [2.75, 3.05) is 6.54 Å².